The second-order valence-electron chi connectivity index (χ2n) is 5.57. The zero-order chi connectivity index (χ0) is 14.5. The van der Waals surface area contributed by atoms with Crippen LogP contribution in [0.3, 0.4) is 0 Å². The van der Waals surface area contributed by atoms with E-state index in [0.29, 0.717) is 18.1 Å². The van der Waals surface area contributed by atoms with E-state index in [9.17, 15) is 4.79 Å². The van der Waals surface area contributed by atoms with E-state index in [4.69, 9.17) is 4.74 Å². The van der Waals surface area contributed by atoms with Crippen molar-refractivity contribution in [2.45, 2.75) is 20.8 Å². The number of thiol groups is 1. The van der Waals surface area contributed by atoms with E-state index in [1.54, 1.807) is 24.3 Å². The average molecular weight is 282 g/mol. The maximum absolute atomic E-state index is 11.3. The minimum Gasteiger partial charge on any atom is -0.493 e. The molecule has 106 valence electrons. The number of rotatable bonds is 5. The third-order valence-corrected chi connectivity index (χ3v) is 3.61. The molecule has 19 heavy (non-hydrogen) atoms. The molecule has 0 saturated heterocycles. The Bertz CT molecular complexity index is 406. The van der Waals surface area contributed by atoms with E-state index in [1.165, 1.54) is 7.11 Å². The zero-order valence-corrected chi connectivity index (χ0v) is 12.9. The second-order valence-corrected chi connectivity index (χ2v) is 5.94. The molecule has 0 aromatic heterocycles. The quantitative estimate of drug-likeness (QED) is 0.664. The van der Waals surface area contributed by atoms with Crippen molar-refractivity contribution in [3.8, 4) is 5.75 Å². The monoisotopic (exact) mass is 282 g/mol. The number of carbonyl (C=O) groups excluding carboxylic acids is 1. The Kier molecular flexibility index (Phi) is 5.73. The molecule has 0 aliphatic rings. The Morgan fingerprint density at radius 3 is 2.26 bits per heavy atom. The zero-order valence-electron chi connectivity index (χ0n) is 12.0. The molecule has 1 unspecified atom stereocenters. The highest BCUT2D eigenvalue weighted by molar-refractivity contribution is 7.80. The summed E-state index contributed by atoms with van der Waals surface area (Å²) >= 11 is 4.37. The molecule has 1 aromatic carbocycles. The summed E-state index contributed by atoms with van der Waals surface area (Å²) in [7, 11) is 1.37. The van der Waals surface area contributed by atoms with Gasteiger partial charge in [-0.05, 0) is 35.4 Å². The molecule has 1 rings (SSSR count). The standard InChI is InChI=1S/C15H22O3S/c1-15(2,3)12(10-19)9-18-13-7-5-11(6-8-13)14(16)17-4/h5-8,12,19H,9-10H2,1-4H3. The first-order valence-electron chi connectivity index (χ1n) is 6.30. The van der Waals surface area contributed by atoms with Gasteiger partial charge in [0.15, 0.2) is 0 Å². The van der Waals surface area contributed by atoms with Gasteiger partial charge in [0, 0.05) is 5.92 Å². The molecule has 1 aromatic rings. The van der Waals surface area contributed by atoms with Crippen LogP contribution in [0.1, 0.15) is 31.1 Å². The Labute approximate surface area is 120 Å². The first-order chi connectivity index (χ1) is 8.88. The molecule has 1 atom stereocenters. The minimum absolute atomic E-state index is 0.160. The van der Waals surface area contributed by atoms with E-state index in [0.717, 1.165) is 11.5 Å². The van der Waals surface area contributed by atoms with Crippen molar-refractivity contribution in [3.63, 3.8) is 0 Å². The molecule has 0 amide bonds. The molecule has 0 aliphatic carbocycles. The summed E-state index contributed by atoms with van der Waals surface area (Å²) in [6.07, 6.45) is 0. The van der Waals surface area contributed by atoms with Crippen LogP contribution in [-0.2, 0) is 4.74 Å². The molecule has 0 radical (unpaired) electrons. The minimum atomic E-state index is -0.338. The molecule has 0 spiro atoms. The Balaban J connectivity index is 2.61. The summed E-state index contributed by atoms with van der Waals surface area (Å²) in [6.45, 7) is 7.15. The van der Waals surface area contributed by atoms with Crippen LogP contribution in [0.15, 0.2) is 24.3 Å². The number of ether oxygens (including phenoxy) is 2. The van der Waals surface area contributed by atoms with Gasteiger partial charge in [0.1, 0.15) is 5.75 Å². The SMILES string of the molecule is COC(=O)c1ccc(OCC(CS)C(C)(C)C)cc1. The van der Waals surface area contributed by atoms with Gasteiger partial charge in [0.2, 0.25) is 0 Å². The lowest BCUT2D eigenvalue weighted by atomic mass is 9.82. The first kappa shape index (κ1) is 15.9. The van der Waals surface area contributed by atoms with Gasteiger partial charge >= 0.3 is 5.97 Å². The summed E-state index contributed by atoms with van der Waals surface area (Å²) < 4.78 is 10.4. The summed E-state index contributed by atoms with van der Waals surface area (Å²) in [5.41, 5.74) is 0.685. The highest BCUT2D eigenvalue weighted by Crippen LogP contribution is 2.27. The number of benzene rings is 1. The summed E-state index contributed by atoms with van der Waals surface area (Å²) in [6, 6.07) is 6.97. The smallest absolute Gasteiger partial charge is 0.337 e. The van der Waals surface area contributed by atoms with Crippen LogP contribution in [0.2, 0.25) is 0 Å². The van der Waals surface area contributed by atoms with Crippen molar-refractivity contribution in [1.82, 2.24) is 0 Å². The normalized spacial score (nSPS) is 12.9. The number of methoxy groups -OCH3 is 1. The lowest BCUT2D eigenvalue weighted by molar-refractivity contribution is 0.0600. The lowest BCUT2D eigenvalue weighted by Gasteiger charge is -2.29. The fourth-order valence-electron chi connectivity index (χ4n) is 1.58. The van der Waals surface area contributed by atoms with Crippen molar-refractivity contribution < 1.29 is 14.3 Å². The summed E-state index contributed by atoms with van der Waals surface area (Å²) in [5.74, 6) is 1.57. The van der Waals surface area contributed by atoms with Gasteiger partial charge in [-0.1, -0.05) is 20.8 Å². The largest absolute Gasteiger partial charge is 0.493 e. The molecule has 0 N–H and O–H groups in total. The van der Waals surface area contributed by atoms with Gasteiger partial charge in [-0.3, -0.25) is 0 Å². The number of esters is 1. The second kappa shape index (κ2) is 6.85. The highest BCUT2D eigenvalue weighted by Gasteiger charge is 2.23. The number of hydrogen-bond donors (Lipinski definition) is 1. The van der Waals surface area contributed by atoms with E-state index >= 15 is 0 Å². The van der Waals surface area contributed by atoms with Crippen LogP contribution in [0, 0.1) is 11.3 Å². The lowest BCUT2D eigenvalue weighted by Crippen LogP contribution is -2.28. The van der Waals surface area contributed by atoms with Crippen LogP contribution in [0.25, 0.3) is 0 Å². The van der Waals surface area contributed by atoms with Crippen LogP contribution in [0.4, 0.5) is 0 Å². The Hall–Kier alpha value is -1.16. The fraction of sp³-hybridized carbons (Fsp3) is 0.533. The predicted octanol–water partition coefficient (Wildman–Crippen LogP) is 3.44. The topological polar surface area (TPSA) is 35.5 Å². The van der Waals surface area contributed by atoms with Crippen molar-refractivity contribution in [2.75, 3.05) is 19.5 Å². The van der Waals surface area contributed by atoms with E-state index in [2.05, 4.69) is 38.1 Å². The molecule has 0 aliphatic heterocycles. The van der Waals surface area contributed by atoms with Crippen LogP contribution in [0.5, 0.6) is 5.75 Å². The van der Waals surface area contributed by atoms with Gasteiger partial charge in [0.25, 0.3) is 0 Å². The predicted molar refractivity (Wildman–Crippen MR) is 80.1 cm³/mol. The highest BCUT2D eigenvalue weighted by atomic mass is 32.1. The molecule has 0 saturated carbocycles. The molecule has 3 nitrogen and oxygen atoms in total. The molecular formula is C15H22O3S. The summed E-state index contributed by atoms with van der Waals surface area (Å²) in [4.78, 5) is 11.3. The van der Waals surface area contributed by atoms with Gasteiger partial charge in [-0.2, -0.15) is 12.6 Å². The van der Waals surface area contributed by atoms with Crippen LogP contribution in [-0.4, -0.2) is 25.4 Å². The molecular weight excluding hydrogens is 260 g/mol. The number of carbonyl (C=O) groups is 1. The van der Waals surface area contributed by atoms with Gasteiger partial charge in [-0.15, -0.1) is 0 Å². The average Bonchev–Trinajstić information content (AvgIpc) is 2.37. The van der Waals surface area contributed by atoms with E-state index in [1.807, 2.05) is 0 Å². The van der Waals surface area contributed by atoms with Crippen molar-refractivity contribution in [1.29, 1.82) is 0 Å². The van der Waals surface area contributed by atoms with Crippen molar-refractivity contribution >= 4 is 18.6 Å². The van der Waals surface area contributed by atoms with Crippen LogP contribution < -0.4 is 4.74 Å². The fourth-order valence-corrected chi connectivity index (χ4v) is 2.23. The van der Waals surface area contributed by atoms with Crippen molar-refractivity contribution in [3.05, 3.63) is 29.8 Å². The van der Waals surface area contributed by atoms with E-state index in [-0.39, 0.29) is 11.4 Å². The Morgan fingerprint density at radius 1 is 1.26 bits per heavy atom. The van der Waals surface area contributed by atoms with Crippen molar-refractivity contribution in [2.24, 2.45) is 11.3 Å². The number of hydrogen-bond acceptors (Lipinski definition) is 4. The molecule has 4 heteroatoms. The third kappa shape index (κ3) is 4.78. The van der Waals surface area contributed by atoms with Gasteiger partial charge in [-0.25, -0.2) is 4.79 Å². The van der Waals surface area contributed by atoms with Gasteiger partial charge < -0.3 is 9.47 Å². The van der Waals surface area contributed by atoms with Gasteiger partial charge in [0.05, 0.1) is 19.3 Å². The molecule has 0 fully saturated rings. The third-order valence-electron chi connectivity index (χ3n) is 3.17. The maximum atomic E-state index is 11.3. The first-order valence-corrected chi connectivity index (χ1v) is 6.93. The summed E-state index contributed by atoms with van der Waals surface area (Å²) in [5, 5.41) is 0. The van der Waals surface area contributed by atoms with Crippen LogP contribution >= 0.6 is 12.6 Å². The molecule has 0 heterocycles. The maximum Gasteiger partial charge on any atom is 0.337 e. The Morgan fingerprint density at radius 2 is 1.84 bits per heavy atom. The van der Waals surface area contributed by atoms with E-state index < -0.39 is 0 Å². The molecule has 0 bridgehead atoms.